The summed E-state index contributed by atoms with van der Waals surface area (Å²) in [6.45, 7) is 7.93. The number of hydrogen-bond acceptors (Lipinski definition) is 5. The number of aromatic hydroxyl groups is 1. The number of nitrogens with two attached hydrogens (primary N) is 1. The highest BCUT2D eigenvalue weighted by Crippen LogP contribution is 2.37. The smallest absolute Gasteiger partial charge is 0.487 e. The van der Waals surface area contributed by atoms with Gasteiger partial charge in [0, 0.05) is 0 Å². The highest BCUT2D eigenvalue weighted by molar-refractivity contribution is 6.52. The van der Waals surface area contributed by atoms with E-state index < -0.39 is 7.12 Å². The van der Waals surface area contributed by atoms with Gasteiger partial charge in [-0.05, 0) is 45.9 Å². The lowest BCUT2D eigenvalue weighted by atomic mass is 9.89. The third-order valence-electron chi connectivity index (χ3n) is 3.61. The van der Waals surface area contributed by atoms with Crippen molar-refractivity contribution in [2.45, 2.75) is 38.9 Å². The van der Waals surface area contributed by atoms with Crippen LogP contribution >= 0.6 is 0 Å². The summed E-state index contributed by atoms with van der Waals surface area (Å²) in [6.07, 6.45) is 1.65. The summed E-state index contributed by atoms with van der Waals surface area (Å²) in [5.41, 5.74) is 5.21. The first-order chi connectivity index (χ1) is 8.71. The second-order valence-electron chi connectivity index (χ2n) is 5.62. The van der Waals surface area contributed by atoms with Gasteiger partial charge in [0.05, 0.1) is 11.2 Å². The van der Waals surface area contributed by atoms with Crippen LogP contribution in [0.25, 0.3) is 6.08 Å². The average Bonchev–Trinajstić information content (AvgIpc) is 2.49. The zero-order valence-corrected chi connectivity index (χ0v) is 11.7. The van der Waals surface area contributed by atoms with Crippen molar-refractivity contribution in [3.8, 4) is 5.75 Å². The number of pyridine rings is 1. The Balaban J connectivity index is 2.15. The van der Waals surface area contributed by atoms with E-state index in [4.69, 9.17) is 15.0 Å². The molecule has 0 aromatic carbocycles. The summed E-state index contributed by atoms with van der Waals surface area (Å²) in [6, 6.07) is 3.05. The van der Waals surface area contributed by atoms with Gasteiger partial charge >= 0.3 is 7.12 Å². The van der Waals surface area contributed by atoms with E-state index in [1.54, 1.807) is 18.1 Å². The van der Waals surface area contributed by atoms with Crippen LogP contribution in [0, 0.1) is 0 Å². The molecule has 19 heavy (non-hydrogen) atoms. The normalized spacial score (nSPS) is 21.2. The standard InChI is InChI=1S/C13H19BN2O3/c1-12(2)13(3,4)19-14(18-12)8-7-9-10(17)5-6-11(15)16-9/h5-8,17H,1-4H3,(H2,15,16)/b8-7+. The lowest BCUT2D eigenvalue weighted by Crippen LogP contribution is -2.41. The molecule has 2 rings (SSSR count). The van der Waals surface area contributed by atoms with Gasteiger partial charge in [0.25, 0.3) is 0 Å². The van der Waals surface area contributed by atoms with E-state index >= 15 is 0 Å². The number of hydrogen-bond donors (Lipinski definition) is 2. The maximum Gasteiger partial charge on any atom is 0.487 e. The molecule has 0 unspecified atom stereocenters. The molecular weight excluding hydrogens is 243 g/mol. The average molecular weight is 262 g/mol. The summed E-state index contributed by atoms with van der Waals surface area (Å²) in [5, 5.41) is 9.66. The van der Waals surface area contributed by atoms with Gasteiger partial charge < -0.3 is 20.1 Å². The Bertz CT molecular complexity index is 499. The zero-order chi connectivity index (χ0) is 14.3. The molecule has 0 saturated carbocycles. The summed E-state index contributed by atoms with van der Waals surface area (Å²) < 4.78 is 11.6. The molecule has 2 heterocycles. The van der Waals surface area contributed by atoms with Crippen molar-refractivity contribution in [1.82, 2.24) is 4.98 Å². The molecule has 0 bridgehead atoms. The van der Waals surface area contributed by atoms with Crippen molar-refractivity contribution < 1.29 is 14.4 Å². The monoisotopic (exact) mass is 262 g/mol. The van der Waals surface area contributed by atoms with Gasteiger partial charge in [-0.2, -0.15) is 0 Å². The van der Waals surface area contributed by atoms with Gasteiger partial charge in [-0.3, -0.25) is 0 Å². The molecule has 5 nitrogen and oxygen atoms in total. The summed E-state index contributed by atoms with van der Waals surface area (Å²) in [7, 11) is -0.465. The van der Waals surface area contributed by atoms with Crippen LogP contribution in [0.1, 0.15) is 33.4 Å². The molecule has 1 aliphatic heterocycles. The summed E-state index contributed by atoms with van der Waals surface area (Å²) in [5.74, 6) is 2.14. The minimum Gasteiger partial charge on any atom is -0.506 e. The van der Waals surface area contributed by atoms with Crippen LogP contribution in [0.15, 0.2) is 18.1 Å². The summed E-state index contributed by atoms with van der Waals surface area (Å²) >= 11 is 0. The Kier molecular flexibility index (Phi) is 3.32. The molecule has 0 atom stereocenters. The minimum absolute atomic E-state index is 0.0713. The van der Waals surface area contributed by atoms with E-state index in [-0.39, 0.29) is 17.0 Å². The molecule has 0 radical (unpaired) electrons. The zero-order valence-electron chi connectivity index (χ0n) is 11.7. The number of aromatic nitrogens is 1. The lowest BCUT2D eigenvalue weighted by molar-refractivity contribution is 0.00578. The van der Waals surface area contributed by atoms with Crippen molar-refractivity contribution in [2.24, 2.45) is 0 Å². The SMILES string of the molecule is CC1(C)OB(/C=C/c2nc(N)ccc2O)OC1(C)C. The molecular formula is C13H19BN2O3. The van der Waals surface area contributed by atoms with Crippen molar-refractivity contribution in [3.63, 3.8) is 0 Å². The van der Waals surface area contributed by atoms with Gasteiger partial charge in [-0.15, -0.1) is 0 Å². The van der Waals surface area contributed by atoms with Gasteiger partial charge in [0.1, 0.15) is 17.3 Å². The van der Waals surface area contributed by atoms with Gasteiger partial charge in [-0.25, -0.2) is 4.98 Å². The van der Waals surface area contributed by atoms with Gasteiger partial charge in [0.2, 0.25) is 0 Å². The van der Waals surface area contributed by atoms with Crippen LogP contribution in [-0.4, -0.2) is 28.4 Å². The molecule has 1 aliphatic rings. The molecule has 1 aromatic heterocycles. The largest absolute Gasteiger partial charge is 0.506 e. The summed E-state index contributed by atoms with van der Waals surface area (Å²) in [4.78, 5) is 4.04. The van der Waals surface area contributed by atoms with E-state index in [0.717, 1.165) is 0 Å². The Morgan fingerprint density at radius 3 is 2.37 bits per heavy atom. The topological polar surface area (TPSA) is 77.6 Å². The predicted molar refractivity (Wildman–Crippen MR) is 75.4 cm³/mol. The molecule has 1 aromatic rings. The first-order valence-corrected chi connectivity index (χ1v) is 6.21. The molecule has 0 amide bonds. The first-order valence-electron chi connectivity index (χ1n) is 6.21. The van der Waals surface area contributed by atoms with Crippen molar-refractivity contribution in [2.75, 3.05) is 5.73 Å². The Morgan fingerprint density at radius 1 is 1.21 bits per heavy atom. The Labute approximate surface area is 113 Å². The Hall–Kier alpha value is -1.53. The number of rotatable bonds is 2. The van der Waals surface area contributed by atoms with Crippen LogP contribution in [0.3, 0.4) is 0 Å². The molecule has 1 saturated heterocycles. The van der Waals surface area contributed by atoms with Crippen LogP contribution < -0.4 is 5.73 Å². The van der Waals surface area contributed by atoms with E-state index in [0.29, 0.717) is 11.5 Å². The fourth-order valence-electron chi connectivity index (χ4n) is 1.74. The third kappa shape index (κ3) is 2.74. The van der Waals surface area contributed by atoms with Gasteiger partial charge in [-0.1, -0.05) is 5.98 Å². The quantitative estimate of drug-likeness (QED) is 0.797. The molecule has 0 aliphatic carbocycles. The minimum atomic E-state index is -0.465. The van der Waals surface area contributed by atoms with Crippen LogP contribution in [0.4, 0.5) is 5.82 Å². The maximum absolute atomic E-state index is 9.66. The molecule has 0 spiro atoms. The van der Waals surface area contributed by atoms with Crippen LogP contribution in [-0.2, 0) is 9.31 Å². The Morgan fingerprint density at radius 2 is 1.79 bits per heavy atom. The van der Waals surface area contributed by atoms with Crippen molar-refractivity contribution in [3.05, 3.63) is 23.8 Å². The van der Waals surface area contributed by atoms with E-state index in [1.165, 1.54) is 6.07 Å². The van der Waals surface area contributed by atoms with E-state index in [9.17, 15) is 5.11 Å². The first kappa shape index (κ1) is 13.9. The van der Waals surface area contributed by atoms with E-state index in [1.807, 2.05) is 27.7 Å². The lowest BCUT2D eigenvalue weighted by Gasteiger charge is -2.32. The van der Waals surface area contributed by atoms with Gasteiger partial charge in [0.15, 0.2) is 0 Å². The number of nitrogens with zero attached hydrogens (tertiary/aromatic N) is 1. The van der Waals surface area contributed by atoms with Crippen LogP contribution in [0.2, 0.25) is 0 Å². The maximum atomic E-state index is 9.66. The molecule has 1 fully saturated rings. The van der Waals surface area contributed by atoms with Crippen molar-refractivity contribution >= 4 is 19.0 Å². The fourth-order valence-corrected chi connectivity index (χ4v) is 1.74. The molecule has 102 valence electrons. The second kappa shape index (κ2) is 4.54. The van der Waals surface area contributed by atoms with Crippen LogP contribution in [0.5, 0.6) is 5.75 Å². The number of nitrogen functional groups attached to an aromatic ring is 1. The second-order valence-corrected chi connectivity index (χ2v) is 5.62. The van der Waals surface area contributed by atoms with Crippen molar-refractivity contribution in [1.29, 1.82) is 0 Å². The van der Waals surface area contributed by atoms with E-state index in [2.05, 4.69) is 4.98 Å². The predicted octanol–water partition coefficient (Wildman–Crippen LogP) is 2.01. The molecule has 6 heteroatoms. The third-order valence-corrected chi connectivity index (χ3v) is 3.61. The number of anilines is 1. The highest BCUT2D eigenvalue weighted by Gasteiger charge is 2.50. The molecule has 3 N–H and O–H groups in total. The fraction of sp³-hybridized carbons (Fsp3) is 0.462. The highest BCUT2D eigenvalue weighted by atomic mass is 16.7.